The molecule has 3 aromatic rings. The summed E-state index contributed by atoms with van der Waals surface area (Å²) in [5.74, 6) is 0.779. The molecule has 7 heteroatoms. The number of pyridine rings is 1. The predicted octanol–water partition coefficient (Wildman–Crippen LogP) is 2.43. The summed E-state index contributed by atoms with van der Waals surface area (Å²) in [7, 11) is 0. The first-order valence-electron chi connectivity index (χ1n) is 6.85. The second-order valence-corrected chi connectivity index (χ2v) is 6.08. The Morgan fingerprint density at radius 3 is 3.05 bits per heavy atom. The highest BCUT2D eigenvalue weighted by atomic mass is 32.2. The van der Waals surface area contributed by atoms with Crippen molar-refractivity contribution in [3.8, 4) is 0 Å². The molecule has 21 heavy (non-hydrogen) atoms. The van der Waals surface area contributed by atoms with Crippen LogP contribution in [0.2, 0.25) is 0 Å². The summed E-state index contributed by atoms with van der Waals surface area (Å²) < 4.78 is 1.93. The van der Waals surface area contributed by atoms with Gasteiger partial charge < -0.3 is 5.73 Å². The van der Waals surface area contributed by atoms with E-state index in [2.05, 4.69) is 20.5 Å². The van der Waals surface area contributed by atoms with Gasteiger partial charge in [-0.25, -0.2) is 4.68 Å². The molecule has 0 bridgehead atoms. The van der Waals surface area contributed by atoms with Gasteiger partial charge in [-0.3, -0.25) is 4.98 Å². The number of aromatic nitrogens is 5. The molecule has 2 heterocycles. The monoisotopic (exact) mass is 298 g/mol. The van der Waals surface area contributed by atoms with Gasteiger partial charge in [0.05, 0.1) is 11.6 Å². The van der Waals surface area contributed by atoms with Crippen LogP contribution >= 0.6 is 11.8 Å². The molecule has 1 aromatic carbocycles. The summed E-state index contributed by atoms with van der Waals surface area (Å²) in [6.45, 7) is 0. The minimum atomic E-state index is 0.490. The summed E-state index contributed by atoms with van der Waals surface area (Å²) >= 11 is 1.64. The number of rotatable bonds is 4. The lowest BCUT2D eigenvalue weighted by atomic mass is 10.1. The van der Waals surface area contributed by atoms with Gasteiger partial charge in [-0.1, -0.05) is 17.8 Å². The molecule has 106 valence electrons. The molecule has 0 spiro atoms. The van der Waals surface area contributed by atoms with E-state index in [1.54, 1.807) is 18.0 Å². The lowest BCUT2D eigenvalue weighted by Gasteiger charge is -2.07. The zero-order chi connectivity index (χ0) is 14.2. The Kier molecular flexibility index (Phi) is 2.99. The number of nitrogen functional groups attached to an aromatic ring is 1. The smallest absolute Gasteiger partial charge is 0.209 e. The lowest BCUT2D eigenvalue weighted by Crippen LogP contribution is -1.99. The van der Waals surface area contributed by atoms with Gasteiger partial charge in [-0.15, -0.1) is 5.10 Å². The van der Waals surface area contributed by atoms with Gasteiger partial charge in [0.1, 0.15) is 0 Å². The molecule has 0 saturated heterocycles. The molecule has 6 nitrogen and oxygen atoms in total. The van der Waals surface area contributed by atoms with Crippen molar-refractivity contribution >= 4 is 28.4 Å². The van der Waals surface area contributed by atoms with E-state index in [0.717, 1.165) is 33.1 Å². The predicted molar refractivity (Wildman–Crippen MR) is 81.8 cm³/mol. The number of tetrazole rings is 1. The van der Waals surface area contributed by atoms with Gasteiger partial charge in [-0.05, 0) is 47.0 Å². The van der Waals surface area contributed by atoms with Crippen LogP contribution in [0.5, 0.6) is 0 Å². The number of benzene rings is 1. The number of fused-ring (bicyclic) bond motifs is 1. The maximum absolute atomic E-state index is 6.00. The van der Waals surface area contributed by atoms with Gasteiger partial charge in [0.15, 0.2) is 0 Å². The third-order valence-electron chi connectivity index (χ3n) is 3.60. The van der Waals surface area contributed by atoms with E-state index in [1.165, 1.54) is 12.8 Å². The molecule has 1 saturated carbocycles. The van der Waals surface area contributed by atoms with Gasteiger partial charge in [-0.2, -0.15) is 0 Å². The van der Waals surface area contributed by atoms with E-state index in [4.69, 9.17) is 5.73 Å². The Hall–Kier alpha value is -2.15. The summed E-state index contributed by atoms with van der Waals surface area (Å²) in [6, 6.07) is 8.36. The number of hydrogen-bond acceptors (Lipinski definition) is 6. The van der Waals surface area contributed by atoms with Crippen molar-refractivity contribution < 1.29 is 0 Å². The fraction of sp³-hybridized carbons (Fsp3) is 0.286. The van der Waals surface area contributed by atoms with Crippen molar-refractivity contribution in [2.24, 2.45) is 0 Å². The molecule has 0 atom stereocenters. The van der Waals surface area contributed by atoms with E-state index in [-0.39, 0.29) is 0 Å². The van der Waals surface area contributed by atoms with Crippen LogP contribution < -0.4 is 5.73 Å². The van der Waals surface area contributed by atoms with E-state index in [9.17, 15) is 0 Å². The summed E-state index contributed by atoms with van der Waals surface area (Å²) in [5.41, 5.74) is 8.87. The molecule has 1 fully saturated rings. The highest BCUT2D eigenvalue weighted by Gasteiger charge is 2.27. The molecule has 2 N–H and O–H groups in total. The maximum Gasteiger partial charge on any atom is 0.209 e. The molecule has 4 rings (SSSR count). The first-order valence-corrected chi connectivity index (χ1v) is 7.84. The van der Waals surface area contributed by atoms with Gasteiger partial charge >= 0.3 is 0 Å². The van der Waals surface area contributed by atoms with E-state index >= 15 is 0 Å². The van der Waals surface area contributed by atoms with Crippen LogP contribution in [0.3, 0.4) is 0 Å². The highest BCUT2D eigenvalue weighted by Crippen LogP contribution is 2.37. The lowest BCUT2D eigenvalue weighted by molar-refractivity contribution is 0.565. The minimum absolute atomic E-state index is 0.490. The molecular weight excluding hydrogens is 284 g/mol. The number of thioether (sulfide) groups is 1. The van der Waals surface area contributed by atoms with Crippen molar-refractivity contribution in [1.29, 1.82) is 0 Å². The van der Waals surface area contributed by atoms with Crippen LogP contribution in [-0.2, 0) is 5.75 Å². The maximum atomic E-state index is 6.00. The van der Waals surface area contributed by atoms with Crippen molar-refractivity contribution in [2.75, 3.05) is 5.73 Å². The molecule has 1 aliphatic rings. The standard InChI is InChI=1S/C14H14N6S/c15-12-6-3-9(13-11(12)2-1-7-16-13)8-21-14-17-18-19-20(14)10-4-5-10/h1-3,6-7,10H,4-5,8,15H2. The summed E-state index contributed by atoms with van der Waals surface area (Å²) in [5, 5.41) is 13.8. The third kappa shape index (κ3) is 2.33. The minimum Gasteiger partial charge on any atom is -0.398 e. The van der Waals surface area contributed by atoms with E-state index < -0.39 is 0 Å². The van der Waals surface area contributed by atoms with Crippen LogP contribution in [0, 0.1) is 0 Å². The Morgan fingerprint density at radius 2 is 2.19 bits per heavy atom. The second-order valence-electron chi connectivity index (χ2n) is 5.14. The third-order valence-corrected chi connectivity index (χ3v) is 4.58. The Labute approximate surface area is 125 Å². The van der Waals surface area contributed by atoms with Crippen molar-refractivity contribution in [3.63, 3.8) is 0 Å². The normalized spacial score (nSPS) is 14.7. The fourth-order valence-electron chi connectivity index (χ4n) is 2.34. The van der Waals surface area contributed by atoms with Crippen LogP contribution in [0.15, 0.2) is 35.6 Å². The van der Waals surface area contributed by atoms with Crippen LogP contribution in [-0.4, -0.2) is 25.2 Å². The average molecular weight is 298 g/mol. The number of nitrogens with zero attached hydrogens (tertiary/aromatic N) is 5. The molecule has 0 unspecified atom stereocenters. The zero-order valence-electron chi connectivity index (χ0n) is 11.3. The zero-order valence-corrected chi connectivity index (χ0v) is 12.1. The largest absolute Gasteiger partial charge is 0.398 e. The van der Waals surface area contributed by atoms with Crippen LogP contribution in [0.25, 0.3) is 10.9 Å². The number of nitrogens with two attached hydrogens (primary N) is 1. The van der Waals surface area contributed by atoms with Crippen LogP contribution in [0.1, 0.15) is 24.4 Å². The SMILES string of the molecule is Nc1ccc(CSc2nnnn2C2CC2)c2ncccc12. The Bertz CT molecular complexity index is 795. The Balaban J connectivity index is 1.62. The molecule has 2 aromatic heterocycles. The molecular formula is C14H14N6S. The number of hydrogen-bond donors (Lipinski definition) is 1. The fourth-order valence-corrected chi connectivity index (χ4v) is 3.27. The van der Waals surface area contributed by atoms with Crippen LogP contribution in [0.4, 0.5) is 5.69 Å². The van der Waals surface area contributed by atoms with Crippen molar-refractivity contribution in [1.82, 2.24) is 25.2 Å². The Morgan fingerprint density at radius 1 is 1.29 bits per heavy atom. The van der Waals surface area contributed by atoms with Crippen molar-refractivity contribution in [3.05, 3.63) is 36.0 Å². The van der Waals surface area contributed by atoms with Gasteiger partial charge in [0, 0.05) is 23.0 Å². The quantitative estimate of drug-likeness (QED) is 0.588. The van der Waals surface area contributed by atoms with E-state index in [1.807, 2.05) is 28.9 Å². The van der Waals surface area contributed by atoms with Gasteiger partial charge in [0.2, 0.25) is 5.16 Å². The van der Waals surface area contributed by atoms with Gasteiger partial charge in [0.25, 0.3) is 0 Å². The summed E-state index contributed by atoms with van der Waals surface area (Å²) in [6.07, 6.45) is 4.14. The molecule has 1 aliphatic carbocycles. The number of anilines is 1. The molecule has 0 aliphatic heterocycles. The molecule has 0 amide bonds. The van der Waals surface area contributed by atoms with Crippen molar-refractivity contribution in [2.45, 2.75) is 29.8 Å². The molecule has 0 radical (unpaired) electrons. The van der Waals surface area contributed by atoms with E-state index in [0.29, 0.717) is 6.04 Å². The average Bonchev–Trinajstić information content (AvgIpc) is 3.26. The summed E-state index contributed by atoms with van der Waals surface area (Å²) in [4.78, 5) is 4.46. The highest BCUT2D eigenvalue weighted by molar-refractivity contribution is 7.98. The second kappa shape index (κ2) is 5.00. The first kappa shape index (κ1) is 12.6. The topological polar surface area (TPSA) is 82.5 Å². The first-order chi connectivity index (χ1) is 10.3.